The molecule has 0 saturated heterocycles. The van der Waals surface area contributed by atoms with Crippen molar-refractivity contribution in [1.82, 2.24) is 9.69 Å². The number of aromatic nitrogens is 1. The zero-order chi connectivity index (χ0) is 23.3. The third-order valence-electron chi connectivity index (χ3n) is 5.33. The number of alkyl halides is 3. The molecule has 0 bridgehead atoms. The largest absolute Gasteiger partial charge is 0.497 e. The van der Waals surface area contributed by atoms with Crippen molar-refractivity contribution in [2.45, 2.75) is 19.1 Å². The van der Waals surface area contributed by atoms with Gasteiger partial charge in [-0.2, -0.15) is 17.5 Å². The molecule has 3 aromatic carbocycles. The third kappa shape index (κ3) is 5.64. The van der Waals surface area contributed by atoms with Crippen LogP contribution in [-0.2, 0) is 12.7 Å². The van der Waals surface area contributed by atoms with Crippen LogP contribution in [0.3, 0.4) is 0 Å². The minimum absolute atomic E-state index is 0.153. The Hall–Kier alpha value is -3.10. The number of halogens is 3. The van der Waals surface area contributed by atoms with E-state index >= 15 is 0 Å². The van der Waals surface area contributed by atoms with Gasteiger partial charge in [0.05, 0.1) is 17.4 Å². The molecule has 4 rings (SSSR count). The van der Waals surface area contributed by atoms with Gasteiger partial charge in [0.25, 0.3) is 0 Å². The van der Waals surface area contributed by atoms with Crippen molar-refractivity contribution in [3.63, 3.8) is 0 Å². The summed E-state index contributed by atoms with van der Waals surface area (Å²) in [4.78, 5) is 0. The van der Waals surface area contributed by atoms with Crippen LogP contribution in [0, 0.1) is 0 Å². The summed E-state index contributed by atoms with van der Waals surface area (Å²) in [6.45, 7) is 2.00. The van der Waals surface area contributed by atoms with E-state index in [0.29, 0.717) is 17.1 Å². The van der Waals surface area contributed by atoms with Crippen LogP contribution in [0.2, 0.25) is 0 Å². The fourth-order valence-corrected chi connectivity index (χ4v) is 4.38. The Labute approximate surface area is 194 Å². The Morgan fingerprint density at radius 3 is 2.27 bits per heavy atom. The van der Waals surface area contributed by atoms with Gasteiger partial charge in [0.2, 0.25) is 0 Å². The van der Waals surface area contributed by atoms with Gasteiger partial charge in [0.1, 0.15) is 11.6 Å². The van der Waals surface area contributed by atoms with Gasteiger partial charge in [-0.1, -0.05) is 42.5 Å². The number of anilines is 1. The van der Waals surface area contributed by atoms with Crippen molar-refractivity contribution in [3.05, 3.63) is 77.9 Å². The molecule has 0 radical (unpaired) electrons. The van der Waals surface area contributed by atoms with E-state index in [1.807, 2.05) is 24.3 Å². The molecule has 4 nitrogen and oxygen atoms in total. The van der Waals surface area contributed by atoms with Crippen molar-refractivity contribution in [1.29, 1.82) is 0 Å². The molecule has 172 valence electrons. The highest BCUT2D eigenvalue weighted by atomic mass is 32.1. The molecule has 0 aliphatic rings. The number of benzene rings is 3. The normalized spacial score (nSPS) is 11.6. The molecule has 4 aromatic rings. The minimum Gasteiger partial charge on any atom is -0.497 e. The second-order valence-corrected chi connectivity index (χ2v) is 8.40. The second-order valence-electron chi connectivity index (χ2n) is 7.59. The van der Waals surface area contributed by atoms with Crippen molar-refractivity contribution < 1.29 is 17.9 Å². The van der Waals surface area contributed by atoms with Crippen molar-refractivity contribution in [3.8, 4) is 16.9 Å². The van der Waals surface area contributed by atoms with Crippen LogP contribution >= 0.6 is 11.5 Å². The maximum atomic E-state index is 13.3. The Morgan fingerprint density at radius 2 is 1.61 bits per heavy atom. The van der Waals surface area contributed by atoms with E-state index in [2.05, 4.69) is 39.3 Å². The van der Waals surface area contributed by atoms with E-state index in [1.165, 1.54) is 11.6 Å². The van der Waals surface area contributed by atoms with Gasteiger partial charge < -0.3 is 15.4 Å². The van der Waals surface area contributed by atoms with Crippen LogP contribution in [0.5, 0.6) is 5.75 Å². The third-order valence-corrected chi connectivity index (χ3v) is 6.14. The number of nitrogens with one attached hydrogen (secondary N) is 2. The van der Waals surface area contributed by atoms with E-state index in [1.54, 1.807) is 13.2 Å². The zero-order valence-corrected chi connectivity index (χ0v) is 18.9. The lowest BCUT2D eigenvalue weighted by atomic mass is 10.0. The summed E-state index contributed by atoms with van der Waals surface area (Å²) in [5.41, 5.74) is 2.79. The SMILES string of the molecule is COc1ccc(-c2ccc(CNCCCNc3nsc4cccc(C(F)(F)F)c34)cc2)cc1. The van der Waals surface area contributed by atoms with Gasteiger partial charge in [-0.3, -0.25) is 0 Å². The van der Waals surface area contributed by atoms with Crippen LogP contribution in [0.15, 0.2) is 66.7 Å². The minimum atomic E-state index is -4.40. The highest BCUT2D eigenvalue weighted by Crippen LogP contribution is 2.39. The second kappa shape index (κ2) is 10.2. The summed E-state index contributed by atoms with van der Waals surface area (Å²) in [5, 5.41) is 6.59. The van der Waals surface area contributed by atoms with Crippen LogP contribution in [0.1, 0.15) is 17.5 Å². The Bertz CT molecular complexity index is 1190. The van der Waals surface area contributed by atoms with E-state index in [9.17, 15) is 13.2 Å². The van der Waals surface area contributed by atoms with E-state index in [-0.39, 0.29) is 5.39 Å². The Morgan fingerprint density at radius 1 is 0.909 bits per heavy atom. The zero-order valence-electron chi connectivity index (χ0n) is 18.1. The molecular weight excluding hydrogens is 447 g/mol. The van der Waals surface area contributed by atoms with E-state index in [4.69, 9.17) is 4.74 Å². The lowest BCUT2D eigenvalue weighted by Gasteiger charge is -2.10. The van der Waals surface area contributed by atoms with Crippen LogP contribution in [0.4, 0.5) is 19.0 Å². The highest BCUT2D eigenvalue weighted by molar-refractivity contribution is 7.13. The fraction of sp³-hybridized carbons (Fsp3) is 0.240. The van der Waals surface area contributed by atoms with E-state index < -0.39 is 11.7 Å². The fourth-order valence-electron chi connectivity index (χ4n) is 3.60. The van der Waals surface area contributed by atoms with Gasteiger partial charge in [-0.05, 0) is 65.5 Å². The molecule has 2 N–H and O–H groups in total. The van der Waals surface area contributed by atoms with E-state index in [0.717, 1.165) is 54.0 Å². The molecule has 0 saturated carbocycles. The average molecular weight is 472 g/mol. The van der Waals surface area contributed by atoms with Crippen LogP contribution < -0.4 is 15.4 Å². The first-order valence-corrected chi connectivity index (χ1v) is 11.4. The average Bonchev–Trinajstić information content (AvgIpc) is 3.24. The van der Waals surface area contributed by atoms with Crippen LogP contribution in [-0.4, -0.2) is 24.6 Å². The highest BCUT2D eigenvalue weighted by Gasteiger charge is 2.34. The molecule has 8 heteroatoms. The number of ether oxygens (including phenoxy) is 1. The van der Waals surface area contributed by atoms with Crippen molar-refractivity contribution >= 4 is 27.4 Å². The van der Waals surface area contributed by atoms with Crippen molar-refractivity contribution in [2.24, 2.45) is 0 Å². The number of hydrogen-bond donors (Lipinski definition) is 2. The lowest BCUT2D eigenvalue weighted by Crippen LogP contribution is -2.17. The maximum absolute atomic E-state index is 13.3. The monoisotopic (exact) mass is 471 g/mol. The molecule has 0 aliphatic heterocycles. The number of fused-ring (bicyclic) bond motifs is 1. The molecule has 0 aliphatic carbocycles. The predicted octanol–water partition coefficient (Wildman–Crippen LogP) is 6.58. The summed E-state index contributed by atoms with van der Waals surface area (Å²) in [5.74, 6) is 1.13. The first kappa shape index (κ1) is 23.1. The number of rotatable bonds is 9. The topological polar surface area (TPSA) is 46.2 Å². The number of nitrogens with zero attached hydrogens (tertiary/aromatic N) is 1. The maximum Gasteiger partial charge on any atom is 0.417 e. The predicted molar refractivity (Wildman–Crippen MR) is 128 cm³/mol. The summed E-state index contributed by atoms with van der Waals surface area (Å²) < 4.78 is 49.8. The molecule has 1 aromatic heterocycles. The van der Waals surface area contributed by atoms with Gasteiger partial charge >= 0.3 is 6.18 Å². The molecule has 33 heavy (non-hydrogen) atoms. The van der Waals surface area contributed by atoms with Crippen molar-refractivity contribution in [2.75, 3.05) is 25.5 Å². The molecular formula is C25H24F3N3OS. The first-order valence-electron chi connectivity index (χ1n) is 10.6. The summed E-state index contributed by atoms with van der Waals surface area (Å²) in [7, 11) is 1.65. The van der Waals surface area contributed by atoms with Gasteiger partial charge in [-0.25, -0.2) is 0 Å². The smallest absolute Gasteiger partial charge is 0.417 e. The Balaban J connectivity index is 1.24. The quantitative estimate of drug-likeness (QED) is 0.271. The molecule has 1 heterocycles. The molecule has 0 unspecified atom stereocenters. The molecule has 0 spiro atoms. The van der Waals surface area contributed by atoms with Gasteiger partial charge in [0.15, 0.2) is 0 Å². The molecule has 0 fully saturated rings. The summed E-state index contributed by atoms with van der Waals surface area (Å²) in [6, 6.07) is 20.5. The van der Waals surface area contributed by atoms with Crippen LogP contribution in [0.25, 0.3) is 21.2 Å². The number of methoxy groups -OCH3 is 1. The first-order chi connectivity index (χ1) is 16.0. The summed E-state index contributed by atoms with van der Waals surface area (Å²) in [6.07, 6.45) is -3.64. The standard InChI is InChI=1S/C25H24F3N3OS/c1-32-20-12-10-19(11-13-20)18-8-6-17(7-9-18)16-29-14-3-15-30-24-23-21(25(26,27)28)4-2-5-22(23)33-31-24/h2,4-13,29H,3,14-16H2,1H3,(H,30,31). The lowest BCUT2D eigenvalue weighted by molar-refractivity contribution is -0.136. The Kier molecular flexibility index (Phi) is 7.15. The molecule has 0 amide bonds. The van der Waals surface area contributed by atoms with Gasteiger partial charge in [-0.15, -0.1) is 0 Å². The molecule has 0 atom stereocenters. The number of hydrogen-bond acceptors (Lipinski definition) is 5. The summed E-state index contributed by atoms with van der Waals surface area (Å²) >= 11 is 1.08. The van der Waals surface area contributed by atoms with Gasteiger partial charge in [0, 0.05) is 18.5 Å².